The van der Waals surface area contributed by atoms with Crippen molar-refractivity contribution in [2.75, 3.05) is 0 Å². The number of pyridine rings is 1. The Balaban J connectivity index is 2.46. The van der Waals surface area contributed by atoms with Crippen molar-refractivity contribution in [3.8, 4) is 17.0 Å². The highest BCUT2D eigenvalue weighted by Crippen LogP contribution is 2.28. The lowest BCUT2D eigenvalue weighted by Crippen LogP contribution is -1.85. The second kappa shape index (κ2) is 4.13. The van der Waals surface area contributed by atoms with Gasteiger partial charge in [-0.25, -0.2) is 0 Å². The lowest BCUT2D eigenvalue weighted by Gasteiger charge is -2.05. The van der Waals surface area contributed by atoms with Crippen molar-refractivity contribution in [2.45, 2.75) is 13.3 Å². The monoisotopic (exact) mass is 199 g/mol. The van der Waals surface area contributed by atoms with Crippen molar-refractivity contribution in [1.82, 2.24) is 4.98 Å². The molecule has 2 heteroatoms. The Morgan fingerprint density at radius 3 is 2.67 bits per heavy atom. The molecular formula is C13H13NO. The van der Waals surface area contributed by atoms with Crippen molar-refractivity contribution in [2.24, 2.45) is 0 Å². The quantitative estimate of drug-likeness (QED) is 0.806. The zero-order valence-corrected chi connectivity index (χ0v) is 8.64. The molecule has 0 aliphatic rings. The van der Waals surface area contributed by atoms with E-state index in [1.807, 2.05) is 30.3 Å². The van der Waals surface area contributed by atoms with E-state index >= 15 is 0 Å². The predicted molar refractivity (Wildman–Crippen MR) is 60.7 cm³/mol. The number of hydrogen-bond donors (Lipinski definition) is 1. The number of benzene rings is 1. The number of aromatic nitrogens is 1. The summed E-state index contributed by atoms with van der Waals surface area (Å²) in [7, 11) is 0. The molecule has 15 heavy (non-hydrogen) atoms. The van der Waals surface area contributed by atoms with Gasteiger partial charge in [0.2, 0.25) is 0 Å². The number of phenols is 1. The topological polar surface area (TPSA) is 33.1 Å². The average Bonchev–Trinajstić information content (AvgIpc) is 2.30. The molecule has 1 heterocycles. The molecule has 0 unspecified atom stereocenters. The summed E-state index contributed by atoms with van der Waals surface area (Å²) in [4.78, 5) is 4.21. The fraction of sp³-hybridized carbons (Fsp3) is 0.154. The Hall–Kier alpha value is -1.83. The maximum atomic E-state index is 9.84. The van der Waals surface area contributed by atoms with E-state index in [9.17, 15) is 5.11 Å². The molecule has 0 radical (unpaired) electrons. The molecule has 1 aromatic carbocycles. The Labute approximate surface area is 89.2 Å². The van der Waals surface area contributed by atoms with Crippen LogP contribution in [-0.4, -0.2) is 10.1 Å². The van der Waals surface area contributed by atoms with E-state index < -0.39 is 0 Å². The first-order valence-corrected chi connectivity index (χ1v) is 5.04. The molecule has 0 saturated carbocycles. The second-order valence-corrected chi connectivity index (χ2v) is 3.42. The minimum absolute atomic E-state index is 0.299. The molecular weight excluding hydrogens is 186 g/mol. The van der Waals surface area contributed by atoms with E-state index in [4.69, 9.17) is 0 Å². The van der Waals surface area contributed by atoms with Gasteiger partial charge in [-0.2, -0.15) is 0 Å². The van der Waals surface area contributed by atoms with Gasteiger partial charge in [0, 0.05) is 11.8 Å². The van der Waals surface area contributed by atoms with Crippen LogP contribution in [-0.2, 0) is 6.42 Å². The molecule has 76 valence electrons. The first-order chi connectivity index (χ1) is 7.31. The van der Waals surface area contributed by atoms with Crippen LogP contribution in [0.5, 0.6) is 5.75 Å². The Morgan fingerprint density at radius 1 is 1.20 bits per heavy atom. The average molecular weight is 199 g/mol. The van der Waals surface area contributed by atoms with Crippen LogP contribution in [0.3, 0.4) is 0 Å². The molecule has 0 fully saturated rings. The van der Waals surface area contributed by atoms with Crippen LogP contribution in [0.4, 0.5) is 0 Å². The summed E-state index contributed by atoms with van der Waals surface area (Å²) in [5, 5.41) is 9.84. The van der Waals surface area contributed by atoms with Crippen LogP contribution >= 0.6 is 0 Å². The SMILES string of the molecule is CCc1ccc(-c2ccccn2)c(O)c1. The van der Waals surface area contributed by atoms with Crippen molar-refractivity contribution < 1.29 is 5.11 Å². The summed E-state index contributed by atoms with van der Waals surface area (Å²) < 4.78 is 0. The molecule has 0 aliphatic heterocycles. The molecule has 0 atom stereocenters. The van der Waals surface area contributed by atoms with Gasteiger partial charge < -0.3 is 5.11 Å². The minimum Gasteiger partial charge on any atom is -0.507 e. The lowest BCUT2D eigenvalue weighted by atomic mass is 10.1. The number of hydrogen-bond acceptors (Lipinski definition) is 2. The van der Waals surface area contributed by atoms with Crippen LogP contribution in [0.15, 0.2) is 42.6 Å². The first-order valence-electron chi connectivity index (χ1n) is 5.04. The lowest BCUT2D eigenvalue weighted by molar-refractivity contribution is 0.476. The number of aromatic hydroxyl groups is 1. The van der Waals surface area contributed by atoms with Gasteiger partial charge in [0.1, 0.15) is 5.75 Å². The van der Waals surface area contributed by atoms with Gasteiger partial charge in [-0.05, 0) is 36.2 Å². The van der Waals surface area contributed by atoms with Crippen molar-refractivity contribution in [1.29, 1.82) is 0 Å². The van der Waals surface area contributed by atoms with Crippen molar-refractivity contribution in [3.05, 3.63) is 48.2 Å². The van der Waals surface area contributed by atoms with Gasteiger partial charge in [-0.1, -0.05) is 19.1 Å². The molecule has 0 amide bonds. The summed E-state index contributed by atoms with van der Waals surface area (Å²) >= 11 is 0. The third-order valence-corrected chi connectivity index (χ3v) is 2.41. The number of rotatable bonds is 2. The van der Waals surface area contributed by atoms with Gasteiger partial charge >= 0.3 is 0 Å². The van der Waals surface area contributed by atoms with Crippen LogP contribution in [0.25, 0.3) is 11.3 Å². The fourth-order valence-corrected chi connectivity index (χ4v) is 1.54. The van der Waals surface area contributed by atoms with Gasteiger partial charge in [0.05, 0.1) is 5.69 Å². The van der Waals surface area contributed by atoms with E-state index in [1.165, 1.54) is 0 Å². The standard InChI is InChI=1S/C13H13NO/c1-2-10-6-7-11(13(15)9-10)12-5-3-4-8-14-12/h3-9,15H,2H2,1H3. The van der Waals surface area contributed by atoms with E-state index in [0.717, 1.165) is 23.2 Å². The summed E-state index contributed by atoms with van der Waals surface area (Å²) in [6.07, 6.45) is 2.65. The first kappa shape index (κ1) is 9.71. The summed E-state index contributed by atoms with van der Waals surface area (Å²) in [5.41, 5.74) is 2.72. The maximum absolute atomic E-state index is 9.84. The minimum atomic E-state index is 0.299. The highest BCUT2D eigenvalue weighted by atomic mass is 16.3. The molecule has 2 aromatic rings. The molecule has 0 aliphatic carbocycles. The predicted octanol–water partition coefficient (Wildman–Crippen LogP) is 3.02. The molecule has 0 saturated heterocycles. The zero-order chi connectivity index (χ0) is 10.7. The highest BCUT2D eigenvalue weighted by molar-refractivity contribution is 5.66. The smallest absolute Gasteiger partial charge is 0.125 e. The molecule has 0 spiro atoms. The van der Waals surface area contributed by atoms with E-state index in [2.05, 4.69) is 11.9 Å². The molecule has 0 bridgehead atoms. The van der Waals surface area contributed by atoms with Crippen LogP contribution in [0.2, 0.25) is 0 Å². The second-order valence-electron chi connectivity index (χ2n) is 3.42. The van der Waals surface area contributed by atoms with Crippen LogP contribution in [0.1, 0.15) is 12.5 Å². The Morgan fingerprint density at radius 2 is 2.07 bits per heavy atom. The van der Waals surface area contributed by atoms with Gasteiger partial charge in [-0.15, -0.1) is 0 Å². The third-order valence-electron chi connectivity index (χ3n) is 2.41. The summed E-state index contributed by atoms with van der Waals surface area (Å²) in [5.74, 6) is 0.299. The molecule has 2 nitrogen and oxygen atoms in total. The number of aryl methyl sites for hydroxylation is 1. The van der Waals surface area contributed by atoms with Crippen LogP contribution in [0, 0.1) is 0 Å². The normalized spacial score (nSPS) is 10.2. The van der Waals surface area contributed by atoms with Gasteiger partial charge in [0.15, 0.2) is 0 Å². The zero-order valence-electron chi connectivity index (χ0n) is 8.64. The number of phenolic OH excluding ortho intramolecular Hbond substituents is 1. The van der Waals surface area contributed by atoms with Gasteiger partial charge in [0.25, 0.3) is 0 Å². The summed E-state index contributed by atoms with van der Waals surface area (Å²) in [6, 6.07) is 11.4. The maximum Gasteiger partial charge on any atom is 0.125 e. The Kier molecular flexibility index (Phi) is 2.68. The van der Waals surface area contributed by atoms with Crippen molar-refractivity contribution in [3.63, 3.8) is 0 Å². The van der Waals surface area contributed by atoms with Crippen molar-refractivity contribution >= 4 is 0 Å². The molecule has 1 N–H and O–H groups in total. The van der Waals surface area contributed by atoms with E-state index in [-0.39, 0.29) is 0 Å². The molecule has 2 rings (SSSR count). The van der Waals surface area contributed by atoms with Gasteiger partial charge in [-0.3, -0.25) is 4.98 Å². The largest absolute Gasteiger partial charge is 0.507 e. The molecule has 1 aromatic heterocycles. The van der Waals surface area contributed by atoms with E-state index in [0.29, 0.717) is 5.75 Å². The summed E-state index contributed by atoms with van der Waals surface area (Å²) in [6.45, 7) is 2.06. The van der Waals surface area contributed by atoms with Crippen LogP contribution < -0.4 is 0 Å². The number of nitrogens with zero attached hydrogens (tertiary/aromatic N) is 1. The van der Waals surface area contributed by atoms with E-state index in [1.54, 1.807) is 12.3 Å². The Bertz CT molecular complexity index is 451. The third kappa shape index (κ3) is 1.99. The highest BCUT2D eigenvalue weighted by Gasteiger charge is 2.04. The fourth-order valence-electron chi connectivity index (χ4n) is 1.54.